The van der Waals surface area contributed by atoms with Gasteiger partial charge in [0.2, 0.25) is 5.75 Å². The van der Waals surface area contributed by atoms with Crippen LogP contribution in [0.2, 0.25) is 0 Å². The van der Waals surface area contributed by atoms with E-state index in [1.165, 1.54) is 21.3 Å². The van der Waals surface area contributed by atoms with Crippen LogP contribution in [0.15, 0.2) is 36.4 Å². The van der Waals surface area contributed by atoms with Crippen LogP contribution < -0.4 is 14.2 Å². The number of ether oxygens (including phenoxy) is 3. The van der Waals surface area contributed by atoms with Gasteiger partial charge in [-0.05, 0) is 29.8 Å². The molecule has 1 N–H and O–H groups in total. The number of methoxy groups -OCH3 is 3. The van der Waals surface area contributed by atoms with E-state index < -0.39 is 5.92 Å². The van der Waals surface area contributed by atoms with Crippen molar-refractivity contribution in [2.24, 2.45) is 0 Å². The number of carbonyl (C=O) groups excluding carboxylic acids is 1. The zero-order valence-corrected chi connectivity index (χ0v) is 15.3. The molecule has 0 radical (unpaired) electrons. The number of imidazole rings is 1. The van der Waals surface area contributed by atoms with E-state index in [4.69, 9.17) is 14.2 Å². The quantitative estimate of drug-likeness (QED) is 0.691. The molecule has 3 rings (SSSR count). The third kappa shape index (κ3) is 3.55. The topological polar surface area (TPSA) is 97.2 Å². The molecule has 0 aliphatic heterocycles. The molecular formula is C20H19N3O4. The van der Waals surface area contributed by atoms with E-state index in [-0.39, 0.29) is 12.2 Å². The minimum atomic E-state index is -0.989. The Morgan fingerprint density at radius 3 is 2.37 bits per heavy atom. The fraction of sp³-hybridized carbons (Fsp3) is 0.250. The number of rotatable bonds is 7. The first kappa shape index (κ1) is 18.3. The van der Waals surface area contributed by atoms with Crippen LogP contribution in [-0.2, 0) is 11.2 Å². The summed E-state index contributed by atoms with van der Waals surface area (Å²) >= 11 is 0. The molecule has 7 nitrogen and oxygen atoms in total. The number of Topliss-reactive ketones (excluding diaryl/α,β-unsaturated/α-hetero) is 1. The van der Waals surface area contributed by atoms with E-state index in [2.05, 4.69) is 9.97 Å². The lowest BCUT2D eigenvalue weighted by Crippen LogP contribution is -2.15. The summed E-state index contributed by atoms with van der Waals surface area (Å²) in [5.41, 5.74) is 2.16. The van der Waals surface area contributed by atoms with Gasteiger partial charge in [-0.15, -0.1) is 0 Å². The number of fused-ring (bicyclic) bond motifs is 1. The molecule has 0 aliphatic rings. The van der Waals surface area contributed by atoms with Crippen molar-refractivity contribution in [3.05, 3.63) is 47.8 Å². The molecule has 7 heteroatoms. The normalized spacial score (nSPS) is 11.6. The van der Waals surface area contributed by atoms with Crippen molar-refractivity contribution in [3.8, 4) is 23.3 Å². The number of carbonyl (C=O) groups is 1. The summed E-state index contributed by atoms with van der Waals surface area (Å²) in [6.07, 6.45) is 0.0337. The van der Waals surface area contributed by atoms with Gasteiger partial charge in [0, 0.05) is 6.42 Å². The van der Waals surface area contributed by atoms with E-state index in [0.717, 1.165) is 5.52 Å². The van der Waals surface area contributed by atoms with Crippen LogP contribution in [0.3, 0.4) is 0 Å². The highest BCUT2D eigenvalue weighted by molar-refractivity contribution is 5.90. The molecule has 3 aromatic rings. The van der Waals surface area contributed by atoms with Crippen LogP contribution in [0.4, 0.5) is 0 Å². The summed E-state index contributed by atoms with van der Waals surface area (Å²) in [4.78, 5) is 20.2. The van der Waals surface area contributed by atoms with Gasteiger partial charge < -0.3 is 19.2 Å². The second kappa shape index (κ2) is 7.79. The molecule has 1 aromatic heterocycles. The molecule has 1 unspecified atom stereocenters. The number of hydrogen-bond donors (Lipinski definition) is 1. The summed E-state index contributed by atoms with van der Waals surface area (Å²) in [5, 5.41) is 9.54. The number of hydrogen-bond acceptors (Lipinski definition) is 6. The molecule has 0 saturated heterocycles. The fourth-order valence-electron chi connectivity index (χ4n) is 2.94. The zero-order chi connectivity index (χ0) is 19.4. The van der Waals surface area contributed by atoms with Crippen LogP contribution in [0.25, 0.3) is 11.0 Å². The largest absolute Gasteiger partial charge is 0.493 e. The van der Waals surface area contributed by atoms with Crippen molar-refractivity contribution >= 4 is 16.8 Å². The van der Waals surface area contributed by atoms with Crippen molar-refractivity contribution in [2.45, 2.75) is 12.3 Å². The number of para-hydroxylation sites is 2. The number of ketones is 1. The maximum Gasteiger partial charge on any atom is 0.203 e. The summed E-state index contributed by atoms with van der Waals surface area (Å²) < 4.78 is 15.9. The number of aromatic nitrogens is 2. The number of H-pyrrole nitrogens is 1. The summed E-state index contributed by atoms with van der Waals surface area (Å²) in [7, 11) is 4.53. The van der Waals surface area contributed by atoms with E-state index in [1.807, 2.05) is 30.3 Å². The van der Waals surface area contributed by atoms with E-state index in [1.54, 1.807) is 12.1 Å². The molecule has 138 valence electrons. The Balaban J connectivity index is 1.90. The Kier molecular flexibility index (Phi) is 5.27. The SMILES string of the molecule is COc1cc(CC(=O)C(C#N)c2nc3ccccc3[nH]2)cc(OC)c1OC. The molecule has 2 aromatic carbocycles. The Morgan fingerprint density at radius 1 is 1.15 bits per heavy atom. The molecule has 0 aliphatic carbocycles. The van der Waals surface area contributed by atoms with Gasteiger partial charge in [0.1, 0.15) is 5.82 Å². The van der Waals surface area contributed by atoms with Crippen LogP contribution in [0.5, 0.6) is 17.2 Å². The van der Waals surface area contributed by atoms with Gasteiger partial charge in [-0.2, -0.15) is 5.26 Å². The molecular weight excluding hydrogens is 346 g/mol. The fourth-order valence-corrected chi connectivity index (χ4v) is 2.94. The van der Waals surface area contributed by atoms with Crippen LogP contribution in [-0.4, -0.2) is 37.1 Å². The second-order valence-electron chi connectivity index (χ2n) is 5.88. The lowest BCUT2D eigenvalue weighted by molar-refractivity contribution is -0.118. The molecule has 0 amide bonds. The second-order valence-corrected chi connectivity index (χ2v) is 5.88. The number of aromatic amines is 1. The third-order valence-electron chi connectivity index (χ3n) is 4.24. The number of benzene rings is 2. The standard InChI is InChI=1S/C20H19N3O4/c1-25-17-9-12(10-18(26-2)19(17)27-3)8-16(24)13(11-21)20-22-14-6-4-5-7-15(14)23-20/h4-7,9-10,13H,8H2,1-3H3,(H,22,23). The van der Waals surface area contributed by atoms with Gasteiger partial charge in [0.05, 0.1) is 38.4 Å². The van der Waals surface area contributed by atoms with Crippen molar-refractivity contribution < 1.29 is 19.0 Å². The Hall–Kier alpha value is -3.53. The van der Waals surface area contributed by atoms with E-state index in [9.17, 15) is 10.1 Å². The first-order valence-corrected chi connectivity index (χ1v) is 8.27. The maximum atomic E-state index is 12.8. The molecule has 1 heterocycles. The van der Waals surface area contributed by atoms with E-state index >= 15 is 0 Å². The Bertz CT molecular complexity index is 961. The number of nitrogens with zero attached hydrogens (tertiary/aromatic N) is 2. The highest BCUT2D eigenvalue weighted by Gasteiger charge is 2.25. The lowest BCUT2D eigenvalue weighted by Gasteiger charge is -2.14. The van der Waals surface area contributed by atoms with Gasteiger partial charge in [-0.1, -0.05) is 12.1 Å². The summed E-state index contributed by atoms with van der Waals surface area (Å²) in [6, 6.07) is 12.8. The minimum Gasteiger partial charge on any atom is -0.493 e. The van der Waals surface area contributed by atoms with Gasteiger partial charge in [0.15, 0.2) is 23.2 Å². The van der Waals surface area contributed by atoms with Crippen LogP contribution >= 0.6 is 0 Å². The molecule has 0 saturated carbocycles. The van der Waals surface area contributed by atoms with Crippen molar-refractivity contribution in [2.75, 3.05) is 21.3 Å². The first-order valence-electron chi connectivity index (χ1n) is 8.27. The first-order chi connectivity index (χ1) is 13.1. The molecule has 1 atom stereocenters. The number of nitrogens with one attached hydrogen (secondary N) is 1. The average Bonchev–Trinajstić information content (AvgIpc) is 3.11. The zero-order valence-electron chi connectivity index (χ0n) is 15.3. The Labute approximate surface area is 156 Å². The minimum absolute atomic E-state index is 0.0337. The lowest BCUT2D eigenvalue weighted by atomic mass is 9.98. The smallest absolute Gasteiger partial charge is 0.203 e. The van der Waals surface area contributed by atoms with Gasteiger partial charge >= 0.3 is 0 Å². The molecule has 0 bridgehead atoms. The van der Waals surface area contributed by atoms with Crippen LogP contribution in [0, 0.1) is 11.3 Å². The summed E-state index contributed by atoms with van der Waals surface area (Å²) in [5.74, 6) is 0.442. The molecule has 0 fully saturated rings. The highest BCUT2D eigenvalue weighted by atomic mass is 16.5. The van der Waals surface area contributed by atoms with Crippen molar-refractivity contribution in [3.63, 3.8) is 0 Å². The van der Waals surface area contributed by atoms with Crippen LogP contribution in [0.1, 0.15) is 17.3 Å². The predicted molar refractivity (Wildman–Crippen MR) is 99.3 cm³/mol. The monoisotopic (exact) mass is 365 g/mol. The van der Waals surface area contributed by atoms with E-state index in [0.29, 0.717) is 34.2 Å². The predicted octanol–water partition coefficient (Wildman–Crippen LogP) is 3.01. The maximum absolute atomic E-state index is 12.8. The van der Waals surface area contributed by atoms with Gasteiger partial charge in [-0.25, -0.2) is 4.98 Å². The summed E-state index contributed by atoms with van der Waals surface area (Å²) in [6.45, 7) is 0. The van der Waals surface area contributed by atoms with Gasteiger partial charge in [0.25, 0.3) is 0 Å². The highest BCUT2D eigenvalue weighted by Crippen LogP contribution is 2.38. The molecule has 0 spiro atoms. The average molecular weight is 365 g/mol. The van der Waals surface area contributed by atoms with Gasteiger partial charge in [-0.3, -0.25) is 4.79 Å². The van der Waals surface area contributed by atoms with Crippen molar-refractivity contribution in [1.82, 2.24) is 9.97 Å². The van der Waals surface area contributed by atoms with Crippen molar-refractivity contribution in [1.29, 1.82) is 5.26 Å². The Morgan fingerprint density at radius 2 is 1.81 bits per heavy atom. The molecule has 27 heavy (non-hydrogen) atoms. The third-order valence-corrected chi connectivity index (χ3v) is 4.24. The number of nitriles is 1.